The van der Waals surface area contributed by atoms with Gasteiger partial charge in [0.2, 0.25) is 0 Å². The van der Waals surface area contributed by atoms with E-state index in [1.165, 1.54) is 24.0 Å². The van der Waals surface area contributed by atoms with Crippen LogP contribution in [0.15, 0.2) is 24.4 Å². The Bertz CT molecular complexity index is 649. The summed E-state index contributed by atoms with van der Waals surface area (Å²) < 4.78 is 2.11. The Morgan fingerprint density at radius 1 is 1.29 bits per heavy atom. The van der Waals surface area contributed by atoms with E-state index in [2.05, 4.69) is 46.9 Å². The number of nitrogens with one attached hydrogen (secondary N) is 1. The maximum Gasteiger partial charge on any atom is 0.271 e. The Kier molecular flexibility index (Phi) is 3.78. The molecule has 1 aromatic carbocycles. The molecular weight excluding hydrogens is 262 g/mol. The number of aryl methyl sites for hydroxylation is 4. The van der Waals surface area contributed by atoms with Crippen molar-refractivity contribution >= 4 is 5.91 Å². The van der Waals surface area contributed by atoms with Crippen molar-refractivity contribution in [1.29, 1.82) is 0 Å². The first-order valence-electron chi connectivity index (χ1n) is 7.54. The van der Waals surface area contributed by atoms with Gasteiger partial charge in [0.1, 0.15) is 11.5 Å². The van der Waals surface area contributed by atoms with Crippen LogP contribution < -0.4 is 5.32 Å². The number of nitrogens with zero attached hydrogens (tertiary/aromatic N) is 2. The quantitative estimate of drug-likeness (QED) is 0.941. The van der Waals surface area contributed by atoms with Gasteiger partial charge in [-0.1, -0.05) is 18.2 Å². The molecular formula is C17H21N3O. The van der Waals surface area contributed by atoms with Crippen LogP contribution >= 0.6 is 0 Å². The second-order valence-electron chi connectivity index (χ2n) is 5.79. The van der Waals surface area contributed by atoms with Crippen LogP contribution in [-0.4, -0.2) is 15.5 Å². The summed E-state index contributed by atoms with van der Waals surface area (Å²) in [5.41, 5.74) is 4.18. The zero-order valence-electron chi connectivity index (χ0n) is 12.6. The number of carbonyl (C=O) groups excluding carboxylic acids is 1. The lowest BCUT2D eigenvalue weighted by molar-refractivity contribution is 0.0946. The number of amides is 1. The molecule has 0 spiro atoms. The number of fused-ring (bicyclic) bond motifs is 1. The number of aromatic nitrogens is 2. The molecule has 1 aliphatic heterocycles. The van der Waals surface area contributed by atoms with Gasteiger partial charge in [0.25, 0.3) is 5.91 Å². The Morgan fingerprint density at radius 2 is 2.14 bits per heavy atom. The van der Waals surface area contributed by atoms with E-state index in [1.807, 2.05) is 6.20 Å². The van der Waals surface area contributed by atoms with Crippen molar-refractivity contribution < 1.29 is 4.79 Å². The molecule has 0 fully saturated rings. The average molecular weight is 283 g/mol. The number of rotatable bonds is 3. The highest BCUT2D eigenvalue weighted by atomic mass is 16.1. The number of imidazole rings is 1. The predicted molar refractivity (Wildman–Crippen MR) is 82.3 cm³/mol. The summed E-state index contributed by atoms with van der Waals surface area (Å²) in [7, 11) is 0. The Balaban J connectivity index is 1.66. The molecule has 0 atom stereocenters. The van der Waals surface area contributed by atoms with E-state index in [0.29, 0.717) is 12.2 Å². The Morgan fingerprint density at radius 3 is 2.90 bits per heavy atom. The SMILES string of the molecule is Cc1ccc(CNC(=O)c2cn3c(n2)CCCC3)cc1C. The van der Waals surface area contributed by atoms with E-state index < -0.39 is 0 Å². The Hall–Kier alpha value is -2.10. The van der Waals surface area contributed by atoms with Gasteiger partial charge in [0.05, 0.1) is 0 Å². The summed E-state index contributed by atoms with van der Waals surface area (Å²) >= 11 is 0. The molecule has 0 unspecified atom stereocenters. The highest BCUT2D eigenvalue weighted by Gasteiger charge is 2.16. The maximum atomic E-state index is 12.2. The highest BCUT2D eigenvalue weighted by molar-refractivity contribution is 5.92. The molecule has 0 aliphatic carbocycles. The fraction of sp³-hybridized carbons (Fsp3) is 0.412. The molecule has 1 aliphatic rings. The number of hydrogen-bond acceptors (Lipinski definition) is 2. The fourth-order valence-electron chi connectivity index (χ4n) is 2.71. The molecule has 2 aromatic rings. The topological polar surface area (TPSA) is 46.9 Å². The van der Waals surface area contributed by atoms with Gasteiger partial charge in [-0.3, -0.25) is 4.79 Å². The lowest BCUT2D eigenvalue weighted by atomic mass is 10.1. The summed E-state index contributed by atoms with van der Waals surface area (Å²) in [5.74, 6) is 0.952. The third-order valence-electron chi connectivity index (χ3n) is 4.17. The third kappa shape index (κ3) is 2.99. The molecule has 4 heteroatoms. The normalized spacial score (nSPS) is 13.8. The van der Waals surface area contributed by atoms with Crippen LogP contribution in [0.3, 0.4) is 0 Å². The van der Waals surface area contributed by atoms with Crippen LogP contribution in [0.25, 0.3) is 0 Å². The minimum Gasteiger partial charge on any atom is -0.347 e. The number of benzene rings is 1. The van der Waals surface area contributed by atoms with Crippen LogP contribution in [0.4, 0.5) is 0 Å². The molecule has 4 nitrogen and oxygen atoms in total. The lowest BCUT2D eigenvalue weighted by Crippen LogP contribution is -2.23. The van der Waals surface area contributed by atoms with Gasteiger partial charge in [-0.25, -0.2) is 4.98 Å². The smallest absolute Gasteiger partial charge is 0.271 e. The van der Waals surface area contributed by atoms with Crippen molar-refractivity contribution in [3.05, 3.63) is 52.6 Å². The minimum atomic E-state index is -0.0878. The zero-order chi connectivity index (χ0) is 14.8. The number of carbonyl (C=O) groups is 1. The van der Waals surface area contributed by atoms with Gasteiger partial charge in [-0.05, 0) is 43.4 Å². The van der Waals surface area contributed by atoms with Gasteiger partial charge < -0.3 is 9.88 Å². The van der Waals surface area contributed by atoms with Gasteiger partial charge in [-0.2, -0.15) is 0 Å². The average Bonchev–Trinajstić information content (AvgIpc) is 2.92. The zero-order valence-corrected chi connectivity index (χ0v) is 12.6. The second-order valence-corrected chi connectivity index (χ2v) is 5.79. The lowest BCUT2D eigenvalue weighted by Gasteiger charge is -2.11. The van der Waals surface area contributed by atoms with Crippen molar-refractivity contribution in [1.82, 2.24) is 14.9 Å². The van der Waals surface area contributed by atoms with Crippen LogP contribution in [0.5, 0.6) is 0 Å². The summed E-state index contributed by atoms with van der Waals surface area (Å²) in [6.07, 6.45) is 5.20. The highest BCUT2D eigenvalue weighted by Crippen LogP contribution is 2.15. The molecule has 0 radical (unpaired) electrons. The standard InChI is InChI=1S/C17H21N3O/c1-12-6-7-14(9-13(12)2)10-18-17(21)15-11-20-8-4-3-5-16(20)19-15/h6-7,9,11H,3-5,8,10H2,1-2H3,(H,18,21). The van der Waals surface area contributed by atoms with Crippen molar-refractivity contribution in [2.45, 2.75) is 46.2 Å². The summed E-state index contributed by atoms with van der Waals surface area (Å²) in [4.78, 5) is 16.6. The van der Waals surface area contributed by atoms with E-state index in [1.54, 1.807) is 0 Å². The fourth-order valence-corrected chi connectivity index (χ4v) is 2.71. The molecule has 2 heterocycles. The van der Waals surface area contributed by atoms with Crippen molar-refractivity contribution in [3.8, 4) is 0 Å². The first kappa shape index (κ1) is 13.9. The van der Waals surface area contributed by atoms with E-state index in [0.717, 1.165) is 24.4 Å². The van der Waals surface area contributed by atoms with E-state index in [9.17, 15) is 4.79 Å². The number of hydrogen-bond donors (Lipinski definition) is 1. The molecule has 0 saturated carbocycles. The largest absolute Gasteiger partial charge is 0.347 e. The van der Waals surface area contributed by atoms with Gasteiger partial charge in [0.15, 0.2) is 0 Å². The molecule has 1 amide bonds. The summed E-state index contributed by atoms with van der Waals surface area (Å²) in [5, 5.41) is 2.96. The van der Waals surface area contributed by atoms with Gasteiger partial charge in [-0.15, -0.1) is 0 Å². The van der Waals surface area contributed by atoms with Gasteiger partial charge in [0, 0.05) is 25.7 Å². The summed E-state index contributed by atoms with van der Waals surface area (Å²) in [6, 6.07) is 6.26. The molecule has 0 bridgehead atoms. The molecule has 21 heavy (non-hydrogen) atoms. The van der Waals surface area contributed by atoms with E-state index in [4.69, 9.17) is 0 Å². The molecule has 1 aromatic heterocycles. The molecule has 3 rings (SSSR count). The van der Waals surface area contributed by atoms with Crippen LogP contribution in [0.2, 0.25) is 0 Å². The minimum absolute atomic E-state index is 0.0878. The first-order chi connectivity index (χ1) is 10.1. The van der Waals surface area contributed by atoms with E-state index in [-0.39, 0.29) is 5.91 Å². The molecule has 0 saturated heterocycles. The van der Waals surface area contributed by atoms with Crippen molar-refractivity contribution in [3.63, 3.8) is 0 Å². The monoisotopic (exact) mass is 283 g/mol. The predicted octanol–water partition coefficient (Wildman–Crippen LogP) is 2.77. The van der Waals surface area contributed by atoms with Crippen LogP contribution in [-0.2, 0) is 19.5 Å². The van der Waals surface area contributed by atoms with Crippen molar-refractivity contribution in [2.75, 3.05) is 0 Å². The van der Waals surface area contributed by atoms with Crippen LogP contribution in [0.1, 0.15) is 45.8 Å². The van der Waals surface area contributed by atoms with E-state index >= 15 is 0 Å². The Labute approximate surface area is 125 Å². The second kappa shape index (κ2) is 5.72. The molecule has 110 valence electrons. The molecule has 1 N–H and O–H groups in total. The first-order valence-corrected chi connectivity index (χ1v) is 7.54. The van der Waals surface area contributed by atoms with Crippen molar-refractivity contribution in [2.24, 2.45) is 0 Å². The summed E-state index contributed by atoms with van der Waals surface area (Å²) in [6.45, 7) is 5.70. The third-order valence-corrected chi connectivity index (χ3v) is 4.17. The van der Waals surface area contributed by atoms with Gasteiger partial charge >= 0.3 is 0 Å². The maximum absolute atomic E-state index is 12.2. The van der Waals surface area contributed by atoms with Crippen LogP contribution in [0, 0.1) is 13.8 Å².